The van der Waals surface area contributed by atoms with Crippen LogP contribution in [0.2, 0.25) is 0 Å². The molecule has 1 atom stereocenters. The van der Waals surface area contributed by atoms with Gasteiger partial charge in [0.25, 0.3) is 5.91 Å². The third-order valence-corrected chi connectivity index (χ3v) is 3.36. The number of nitrogens with zero attached hydrogens (tertiary/aromatic N) is 3. The average Bonchev–Trinajstić information content (AvgIpc) is 3.01. The van der Waals surface area contributed by atoms with E-state index in [1.54, 1.807) is 18.2 Å². The van der Waals surface area contributed by atoms with Crippen LogP contribution in [-0.4, -0.2) is 39.6 Å². The van der Waals surface area contributed by atoms with E-state index in [4.69, 9.17) is 4.74 Å². The highest BCUT2D eigenvalue weighted by molar-refractivity contribution is 5.81. The number of carbonyl (C=O) groups excluding carboxylic acids is 1. The average molecular weight is 325 g/mol. The minimum atomic E-state index is -2.74. The maximum atomic E-state index is 12.8. The zero-order chi connectivity index (χ0) is 17.0. The molecule has 2 aromatic rings. The van der Waals surface area contributed by atoms with Gasteiger partial charge in [-0.25, -0.2) is 4.98 Å². The maximum absolute atomic E-state index is 12.8. The van der Waals surface area contributed by atoms with Gasteiger partial charge in [0.15, 0.2) is 6.10 Å². The minimum absolute atomic E-state index is 0.0358. The second kappa shape index (κ2) is 7.19. The highest BCUT2D eigenvalue weighted by Crippen LogP contribution is 2.21. The van der Waals surface area contributed by atoms with Crippen molar-refractivity contribution in [3.63, 3.8) is 0 Å². The number of hydrogen-bond acceptors (Lipinski definition) is 4. The Morgan fingerprint density at radius 1 is 1.48 bits per heavy atom. The lowest BCUT2D eigenvalue weighted by atomic mass is 10.1. The standard InChI is InChI=1S/C15H17F2N3O3/c1-19(9-12-18-6-7-20(12)15(16)17)14(22)13(21)10-4-3-5-11(8-10)23-2/h3-8,13,15,21H,9H2,1-2H3. The van der Waals surface area contributed by atoms with Crippen molar-refractivity contribution in [1.29, 1.82) is 0 Å². The number of aromatic nitrogens is 2. The van der Waals surface area contributed by atoms with Gasteiger partial charge in [-0.05, 0) is 17.7 Å². The molecular formula is C15H17F2N3O3. The van der Waals surface area contributed by atoms with Crippen molar-refractivity contribution < 1.29 is 23.4 Å². The van der Waals surface area contributed by atoms with E-state index in [-0.39, 0.29) is 12.4 Å². The lowest BCUT2D eigenvalue weighted by molar-refractivity contribution is -0.139. The van der Waals surface area contributed by atoms with Gasteiger partial charge in [-0.1, -0.05) is 12.1 Å². The number of hydrogen-bond donors (Lipinski definition) is 1. The summed E-state index contributed by atoms with van der Waals surface area (Å²) in [5.41, 5.74) is 0.360. The topological polar surface area (TPSA) is 67.6 Å². The van der Waals surface area contributed by atoms with E-state index in [0.717, 1.165) is 11.1 Å². The number of methoxy groups -OCH3 is 1. The van der Waals surface area contributed by atoms with Crippen LogP contribution in [0, 0.1) is 0 Å². The Morgan fingerprint density at radius 3 is 2.87 bits per heavy atom. The number of alkyl halides is 2. The van der Waals surface area contributed by atoms with Crippen LogP contribution in [0.3, 0.4) is 0 Å². The molecule has 0 saturated heterocycles. The smallest absolute Gasteiger partial charge is 0.319 e. The van der Waals surface area contributed by atoms with Gasteiger partial charge in [0, 0.05) is 19.4 Å². The van der Waals surface area contributed by atoms with Gasteiger partial charge >= 0.3 is 6.55 Å². The predicted octanol–water partition coefficient (Wildman–Crippen LogP) is 1.98. The second-order valence-electron chi connectivity index (χ2n) is 4.90. The molecule has 1 aromatic heterocycles. The first-order chi connectivity index (χ1) is 10.9. The first kappa shape index (κ1) is 16.9. The number of carbonyl (C=O) groups is 1. The number of amides is 1. The van der Waals surface area contributed by atoms with Gasteiger partial charge in [-0.15, -0.1) is 0 Å². The quantitative estimate of drug-likeness (QED) is 0.882. The Morgan fingerprint density at radius 2 is 2.22 bits per heavy atom. The summed E-state index contributed by atoms with van der Waals surface area (Å²) in [4.78, 5) is 17.2. The van der Waals surface area contributed by atoms with Crippen molar-refractivity contribution in [2.45, 2.75) is 19.2 Å². The molecule has 1 N–H and O–H groups in total. The van der Waals surface area contributed by atoms with Crippen LogP contribution in [0.4, 0.5) is 8.78 Å². The second-order valence-corrected chi connectivity index (χ2v) is 4.90. The Hall–Kier alpha value is -2.48. The Kier molecular flexibility index (Phi) is 5.28. The summed E-state index contributed by atoms with van der Waals surface area (Å²) < 4.78 is 31.3. The number of aliphatic hydroxyl groups excluding tert-OH is 1. The minimum Gasteiger partial charge on any atom is -0.497 e. The number of aliphatic hydroxyl groups is 1. The number of halogens is 2. The molecular weight excluding hydrogens is 308 g/mol. The molecule has 0 saturated carbocycles. The van der Waals surface area contributed by atoms with Gasteiger partial charge in [-0.2, -0.15) is 8.78 Å². The van der Waals surface area contributed by atoms with Crippen molar-refractivity contribution in [3.8, 4) is 5.75 Å². The molecule has 0 aliphatic rings. The fraction of sp³-hybridized carbons (Fsp3) is 0.333. The fourth-order valence-corrected chi connectivity index (χ4v) is 2.10. The zero-order valence-corrected chi connectivity index (χ0v) is 12.7. The van der Waals surface area contributed by atoms with Gasteiger partial charge in [0.2, 0.25) is 0 Å². The highest BCUT2D eigenvalue weighted by Gasteiger charge is 2.23. The molecule has 0 fully saturated rings. The van der Waals surface area contributed by atoms with Gasteiger partial charge in [-0.3, -0.25) is 9.36 Å². The Bertz CT molecular complexity index is 675. The number of rotatable bonds is 6. The van der Waals surface area contributed by atoms with Crippen LogP contribution in [0.15, 0.2) is 36.7 Å². The van der Waals surface area contributed by atoms with Crippen LogP contribution < -0.4 is 4.74 Å². The molecule has 23 heavy (non-hydrogen) atoms. The van der Waals surface area contributed by atoms with Crippen LogP contribution in [-0.2, 0) is 11.3 Å². The lowest BCUT2D eigenvalue weighted by Crippen LogP contribution is -2.32. The van der Waals surface area contributed by atoms with Crippen LogP contribution >= 0.6 is 0 Å². The summed E-state index contributed by atoms with van der Waals surface area (Å²) in [7, 11) is 2.89. The third-order valence-electron chi connectivity index (χ3n) is 3.36. The summed E-state index contributed by atoms with van der Waals surface area (Å²) >= 11 is 0. The molecule has 1 unspecified atom stereocenters. The van der Waals surface area contributed by atoms with E-state index in [1.807, 2.05) is 0 Å². The summed E-state index contributed by atoms with van der Waals surface area (Å²) in [6.07, 6.45) is 0.958. The Labute approximate surface area is 131 Å². The molecule has 1 heterocycles. The molecule has 0 radical (unpaired) electrons. The fourth-order valence-electron chi connectivity index (χ4n) is 2.10. The third kappa shape index (κ3) is 3.84. The molecule has 2 rings (SSSR count). The SMILES string of the molecule is COc1cccc(C(O)C(=O)N(C)Cc2nccn2C(F)F)c1. The van der Waals surface area contributed by atoms with Crippen molar-refractivity contribution in [2.75, 3.05) is 14.2 Å². The van der Waals surface area contributed by atoms with E-state index in [9.17, 15) is 18.7 Å². The summed E-state index contributed by atoms with van der Waals surface area (Å²) in [5.74, 6) is -0.0824. The van der Waals surface area contributed by atoms with E-state index in [2.05, 4.69) is 4.98 Å². The molecule has 0 spiro atoms. The first-order valence-corrected chi connectivity index (χ1v) is 6.81. The zero-order valence-electron chi connectivity index (χ0n) is 12.7. The van der Waals surface area contributed by atoms with E-state index < -0.39 is 18.6 Å². The molecule has 8 heteroatoms. The van der Waals surface area contributed by atoms with Crippen LogP contribution in [0.5, 0.6) is 5.75 Å². The number of likely N-dealkylation sites (N-methyl/N-ethyl adjacent to an activating group) is 1. The predicted molar refractivity (Wildman–Crippen MR) is 77.9 cm³/mol. The molecule has 1 aromatic carbocycles. The summed E-state index contributed by atoms with van der Waals surface area (Å²) in [5, 5.41) is 10.2. The van der Waals surface area contributed by atoms with E-state index in [0.29, 0.717) is 15.9 Å². The van der Waals surface area contributed by atoms with Crippen molar-refractivity contribution >= 4 is 5.91 Å². The molecule has 0 bridgehead atoms. The van der Waals surface area contributed by atoms with Crippen molar-refractivity contribution in [1.82, 2.24) is 14.5 Å². The molecule has 0 aliphatic carbocycles. The summed E-state index contributed by atoms with van der Waals surface area (Å²) in [6.45, 7) is -2.88. The molecule has 124 valence electrons. The number of imidazole rings is 1. The largest absolute Gasteiger partial charge is 0.497 e. The molecule has 0 aliphatic heterocycles. The van der Waals surface area contributed by atoms with Gasteiger partial charge in [0.1, 0.15) is 11.6 Å². The van der Waals surface area contributed by atoms with Gasteiger partial charge < -0.3 is 14.7 Å². The molecule has 6 nitrogen and oxygen atoms in total. The van der Waals surface area contributed by atoms with Gasteiger partial charge in [0.05, 0.1) is 13.7 Å². The van der Waals surface area contributed by atoms with Crippen LogP contribution in [0.1, 0.15) is 24.0 Å². The monoisotopic (exact) mass is 325 g/mol. The normalized spacial score (nSPS) is 12.3. The summed E-state index contributed by atoms with van der Waals surface area (Å²) in [6, 6.07) is 6.45. The lowest BCUT2D eigenvalue weighted by Gasteiger charge is -2.21. The Balaban J connectivity index is 2.10. The van der Waals surface area contributed by atoms with Crippen molar-refractivity contribution in [2.24, 2.45) is 0 Å². The van der Waals surface area contributed by atoms with E-state index in [1.165, 1.54) is 26.4 Å². The number of benzene rings is 1. The van der Waals surface area contributed by atoms with Crippen LogP contribution in [0.25, 0.3) is 0 Å². The van der Waals surface area contributed by atoms with E-state index >= 15 is 0 Å². The van der Waals surface area contributed by atoms with Crippen molar-refractivity contribution in [3.05, 3.63) is 48.0 Å². The highest BCUT2D eigenvalue weighted by atomic mass is 19.3. The molecule has 1 amide bonds. The maximum Gasteiger partial charge on any atom is 0.319 e. The number of ether oxygens (including phenoxy) is 1. The first-order valence-electron chi connectivity index (χ1n) is 6.81.